The maximum atomic E-state index is 13.0. The molecule has 0 aromatic heterocycles. The molecule has 0 unspecified atom stereocenters. The van der Waals surface area contributed by atoms with Gasteiger partial charge in [-0.2, -0.15) is 0 Å². The zero-order valence-electron chi connectivity index (χ0n) is 9.30. The zero-order chi connectivity index (χ0) is 13.3. The highest BCUT2D eigenvalue weighted by atomic mass is 79.9. The summed E-state index contributed by atoms with van der Waals surface area (Å²) in [7, 11) is -3.84. The molecule has 1 rings (SSSR count). The van der Waals surface area contributed by atoms with E-state index in [1.54, 1.807) is 13.8 Å². The lowest BCUT2D eigenvalue weighted by Gasteiger charge is -2.23. The van der Waals surface area contributed by atoms with Crippen LogP contribution in [0.5, 0.6) is 0 Å². The lowest BCUT2D eigenvalue weighted by atomic mass is 10.1. The third-order valence-corrected chi connectivity index (χ3v) is 5.51. The third-order valence-electron chi connectivity index (χ3n) is 1.93. The Morgan fingerprint density at radius 2 is 2.06 bits per heavy atom. The van der Waals surface area contributed by atoms with Crippen LogP contribution in [0.3, 0.4) is 0 Å². The molecule has 1 N–H and O–H groups in total. The van der Waals surface area contributed by atoms with Gasteiger partial charge in [0, 0.05) is 10.9 Å². The van der Waals surface area contributed by atoms with Gasteiger partial charge in [-0.3, -0.25) is 0 Å². The van der Waals surface area contributed by atoms with Crippen LogP contribution in [-0.4, -0.2) is 19.3 Å². The number of sulfonamides is 1. The minimum atomic E-state index is -3.84. The SMILES string of the molecule is CC(C)(CBr)NS(=O)(=O)c1cc(F)ccc1Cl. The number of alkyl halides is 1. The molecule has 3 nitrogen and oxygen atoms in total. The Labute approximate surface area is 114 Å². The largest absolute Gasteiger partial charge is 0.242 e. The van der Waals surface area contributed by atoms with Crippen LogP contribution in [-0.2, 0) is 10.0 Å². The Kier molecular flexibility index (Phi) is 4.57. The number of halogens is 3. The summed E-state index contributed by atoms with van der Waals surface area (Å²) in [6, 6.07) is 3.22. The van der Waals surface area contributed by atoms with Gasteiger partial charge in [-0.1, -0.05) is 27.5 Å². The van der Waals surface area contributed by atoms with Gasteiger partial charge in [0.05, 0.1) is 5.02 Å². The molecule has 0 aliphatic rings. The normalized spacial score (nSPS) is 12.8. The van der Waals surface area contributed by atoms with Crippen molar-refractivity contribution < 1.29 is 12.8 Å². The van der Waals surface area contributed by atoms with Crippen LogP contribution in [0, 0.1) is 5.82 Å². The molecule has 0 spiro atoms. The van der Waals surface area contributed by atoms with E-state index in [1.165, 1.54) is 6.07 Å². The second-order valence-corrected chi connectivity index (χ2v) is 6.82. The third kappa shape index (κ3) is 3.91. The van der Waals surface area contributed by atoms with E-state index in [0.29, 0.717) is 5.33 Å². The van der Waals surface area contributed by atoms with Crippen molar-refractivity contribution in [3.05, 3.63) is 29.0 Å². The Balaban J connectivity index is 3.18. The van der Waals surface area contributed by atoms with Gasteiger partial charge in [-0.15, -0.1) is 0 Å². The highest BCUT2D eigenvalue weighted by Gasteiger charge is 2.27. The van der Waals surface area contributed by atoms with Crippen molar-refractivity contribution in [1.29, 1.82) is 0 Å². The average Bonchev–Trinajstić information content (AvgIpc) is 2.20. The summed E-state index contributed by atoms with van der Waals surface area (Å²) in [6.07, 6.45) is 0. The lowest BCUT2D eigenvalue weighted by Crippen LogP contribution is -2.44. The predicted octanol–water partition coefficient (Wildman–Crippen LogP) is 2.93. The first-order valence-electron chi connectivity index (χ1n) is 4.73. The average molecular weight is 345 g/mol. The molecule has 0 amide bonds. The fourth-order valence-corrected chi connectivity index (χ4v) is 3.38. The van der Waals surface area contributed by atoms with E-state index in [-0.39, 0.29) is 9.92 Å². The van der Waals surface area contributed by atoms with Gasteiger partial charge in [0.1, 0.15) is 10.7 Å². The van der Waals surface area contributed by atoms with Crippen molar-refractivity contribution in [2.24, 2.45) is 0 Å². The fraction of sp³-hybridized carbons (Fsp3) is 0.400. The van der Waals surface area contributed by atoms with Crippen LogP contribution in [0.15, 0.2) is 23.1 Å². The Hall–Kier alpha value is -0.170. The van der Waals surface area contributed by atoms with E-state index >= 15 is 0 Å². The summed E-state index contributed by atoms with van der Waals surface area (Å²) in [4.78, 5) is -0.256. The molecule has 17 heavy (non-hydrogen) atoms. The summed E-state index contributed by atoms with van der Waals surface area (Å²) in [6.45, 7) is 3.40. The maximum absolute atomic E-state index is 13.0. The second-order valence-electron chi connectivity index (χ2n) is 4.20. The first-order chi connectivity index (χ1) is 7.68. The molecule has 0 aliphatic carbocycles. The molecular weight excluding hydrogens is 333 g/mol. The monoisotopic (exact) mass is 343 g/mol. The topological polar surface area (TPSA) is 46.2 Å². The van der Waals surface area contributed by atoms with Gasteiger partial charge in [-0.25, -0.2) is 17.5 Å². The van der Waals surface area contributed by atoms with Crippen LogP contribution in [0.1, 0.15) is 13.8 Å². The van der Waals surface area contributed by atoms with Crippen LogP contribution >= 0.6 is 27.5 Å². The van der Waals surface area contributed by atoms with E-state index in [9.17, 15) is 12.8 Å². The highest BCUT2D eigenvalue weighted by Crippen LogP contribution is 2.23. The van der Waals surface area contributed by atoms with E-state index in [2.05, 4.69) is 20.7 Å². The number of nitrogens with one attached hydrogen (secondary N) is 1. The fourth-order valence-electron chi connectivity index (χ4n) is 1.13. The number of hydrogen-bond acceptors (Lipinski definition) is 2. The Morgan fingerprint density at radius 3 is 2.59 bits per heavy atom. The quantitative estimate of drug-likeness (QED) is 0.854. The first kappa shape index (κ1) is 14.9. The van der Waals surface area contributed by atoms with Crippen molar-refractivity contribution in [3.8, 4) is 0 Å². The molecule has 0 radical (unpaired) electrons. The van der Waals surface area contributed by atoms with Gasteiger partial charge in [0.25, 0.3) is 0 Å². The Bertz CT molecular complexity index is 519. The molecule has 0 atom stereocenters. The van der Waals surface area contributed by atoms with Gasteiger partial charge in [0.2, 0.25) is 10.0 Å². The lowest BCUT2D eigenvalue weighted by molar-refractivity contribution is 0.500. The van der Waals surface area contributed by atoms with Crippen LogP contribution in [0.2, 0.25) is 5.02 Å². The number of benzene rings is 1. The number of rotatable bonds is 4. The maximum Gasteiger partial charge on any atom is 0.242 e. The van der Waals surface area contributed by atoms with E-state index < -0.39 is 21.4 Å². The first-order valence-corrected chi connectivity index (χ1v) is 7.71. The van der Waals surface area contributed by atoms with Gasteiger partial charge >= 0.3 is 0 Å². The summed E-state index contributed by atoms with van der Waals surface area (Å²) in [5.74, 6) is -0.647. The molecule has 0 bridgehead atoms. The molecule has 96 valence electrons. The van der Waals surface area contributed by atoms with Gasteiger partial charge in [0.15, 0.2) is 0 Å². The summed E-state index contributed by atoms with van der Waals surface area (Å²) >= 11 is 8.95. The molecule has 0 fully saturated rings. The molecular formula is C10H12BrClFNO2S. The van der Waals surface area contributed by atoms with Crippen molar-refractivity contribution in [2.75, 3.05) is 5.33 Å². The second kappa shape index (κ2) is 5.22. The molecule has 0 saturated carbocycles. The predicted molar refractivity (Wildman–Crippen MR) is 69.6 cm³/mol. The summed E-state index contributed by atoms with van der Waals surface area (Å²) < 4.78 is 39.5. The van der Waals surface area contributed by atoms with Crippen LogP contribution < -0.4 is 4.72 Å². The van der Waals surface area contributed by atoms with Gasteiger partial charge < -0.3 is 0 Å². The van der Waals surface area contributed by atoms with E-state index in [1.807, 2.05) is 0 Å². The van der Waals surface area contributed by atoms with Crippen molar-refractivity contribution in [3.63, 3.8) is 0 Å². The Morgan fingerprint density at radius 1 is 1.47 bits per heavy atom. The summed E-state index contributed by atoms with van der Waals surface area (Å²) in [5, 5.41) is 0.413. The van der Waals surface area contributed by atoms with Gasteiger partial charge in [-0.05, 0) is 32.0 Å². The molecule has 7 heteroatoms. The highest BCUT2D eigenvalue weighted by molar-refractivity contribution is 9.09. The van der Waals surface area contributed by atoms with Crippen molar-refractivity contribution >= 4 is 37.6 Å². The molecule has 0 aliphatic heterocycles. The molecule has 0 heterocycles. The number of hydrogen-bond donors (Lipinski definition) is 1. The van der Waals surface area contributed by atoms with E-state index in [0.717, 1.165) is 12.1 Å². The minimum absolute atomic E-state index is 0.00993. The summed E-state index contributed by atoms with van der Waals surface area (Å²) in [5.41, 5.74) is -0.686. The van der Waals surface area contributed by atoms with Crippen molar-refractivity contribution in [2.45, 2.75) is 24.3 Å². The smallest absolute Gasteiger partial charge is 0.207 e. The van der Waals surface area contributed by atoms with Crippen LogP contribution in [0.4, 0.5) is 4.39 Å². The molecule has 0 saturated heterocycles. The van der Waals surface area contributed by atoms with Crippen LogP contribution in [0.25, 0.3) is 0 Å². The van der Waals surface area contributed by atoms with E-state index in [4.69, 9.17) is 11.6 Å². The molecule has 1 aromatic carbocycles. The minimum Gasteiger partial charge on any atom is -0.207 e. The zero-order valence-corrected chi connectivity index (χ0v) is 12.5. The standard InChI is InChI=1S/C10H12BrClFNO2S/c1-10(2,6-11)14-17(15,16)9-5-7(13)3-4-8(9)12/h3-5,14H,6H2,1-2H3. The van der Waals surface area contributed by atoms with Crippen molar-refractivity contribution in [1.82, 2.24) is 4.72 Å². The molecule has 1 aromatic rings.